The Bertz CT molecular complexity index is 1610. The average molecular weight is 597 g/mol. The summed E-state index contributed by atoms with van der Waals surface area (Å²) in [6.07, 6.45) is 4.06. The molecule has 13 heteroatoms. The predicted molar refractivity (Wildman–Crippen MR) is 157 cm³/mol. The standard InChI is InChI=1S/C27H25ClN6O4S2/c28-23-8-5-18(32-26(36)24-2-1-13-39-24)14-22(23)25(35)33-19-15-30-27(31-16-19)34-17-3-6-20(7-4-17)40(37,38)21-9-11-29-12-10-21/h1-8,13-16,21,29H,9-12H2,(H,32,36)(H,33,35)(H,30,31,34). The van der Waals surface area contributed by atoms with E-state index in [0.29, 0.717) is 47.9 Å². The van der Waals surface area contributed by atoms with Crippen molar-refractivity contribution < 1.29 is 18.0 Å². The molecule has 5 rings (SSSR count). The molecule has 2 aromatic carbocycles. The van der Waals surface area contributed by atoms with Gasteiger partial charge in [-0.1, -0.05) is 17.7 Å². The van der Waals surface area contributed by atoms with Gasteiger partial charge in [0, 0.05) is 11.4 Å². The summed E-state index contributed by atoms with van der Waals surface area (Å²) in [7, 11) is -3.38. The number of hydrogen-bond donors (Lipinski definition) is 4. The van der Waals surface area contributed by atoms with Gasteiger partial charge in [-0.2, -0.15) is 0 Å². The lowest BCUT2D eigenvalue weighted by atomic mass is 10.1. The molecule has 2 aromatic heterocycles. The lowest BCUT2D eigenvalue weighted by Gasteiger charge is -2.22. The highest BCUT2D eigenvalue weighted by Crippen LogP contribution is 2.25. The first-order valence-electron chi connectivity index (χ1n) is 12.4. The zero-order valence-electron chi connectivity index (χ0n) is 21.1. The van der Waals surface area contributed by atoms with Gasteiger partial charge >= 0.3 is 0 Å². The highest BCUT2D eigenvalue weighted by Gasteiger charge is 2.28. The summed E-state index contributed by atoms with van der Waals surface area (Å²) in [5.74, 6) is -0.506. The molecule has 4 aromatic rings. The van der Waals surface area contributed by atoms with Crippen molar-refractivity contribution in [2.45, 2.75) is 23.0 Å². The van der Waals surface area contributed by atoms with Gasteiger partial charge in [0.15, 0.2) is 9.84 Å². The van der Waals surface area contributed by atoms with Gasteiger partial charge in [-0.05, 0) is 79.8 Å². The van der Waals surface area contributed by atoms with Crippen LogP contribution in [0.25, 0.3) is 0 Å². The summed E-state index contributed by atoms with van der Waals surface area (Å²) in [5, 5.41) is 13.3. The topological polar surface area (TPSA) is 142 Å². The van der Waals surface area contributed by atoms with Crippen LogP contribution in [0.2, 0.25) is 5.02 Å². The van der Waals surface area contributed by atoms with Crippen LogP contribution in [0.4, 0.5) is 23.0 Å². The van der Waals surface area contributed by atoms with Crippen LogP contribution in [0.15, 0.2) is 77.3 Å². The molecule has 1 fully saturated rings. The second kappa shape index (κ2) is 12.1. The normalized spacial score (nSPS) is 13.9. The van der Waals surface area contributed by atoms with Crippen molar-refractivity contribution >= 4 is 67.6 Å². The Morgan fingerprint density at radius 2 is 1.57 bits per heavy atom. The summed E-state index contributed by atoms with van der Waals surface area (Å²) in [6, 6.07) is 14.6. The van der Waals surface area contributed by atoms with Gasteiger partial charge in [0.25, 0.3) is 11.8 Å². The highest BCUT2D eigenvalue weighted by molar-refractivity contribution is 7.92. The Balaban J connectivity index is 1.20. The molecular formula is C27H25ClN6O4S2. The molecule has 0 bridgehead atoms. The van der Waals surface area contributed by atoms with Crippen molar-refractivity contribution in [1.29, 1.82) is 0 Å². The number of halogens is 1. The van der Waals surface area contributed by atoms with E-state index in [1.54, 1.807) is 47.8 Å². The number of nitrogens with one attached hydrogen (secondary N) is 4. The minimum atomic E-state index is -3.38. The fourth-order valence-electron chi connectivity index (χ4n) is 4.19. The maximum atomic E-state index is 12.9. The Morgan fingerprint density at radius 3 is 2.25 bits per heavy atom. The van der Waals surface area contributed by atoms with Crippen LogP contribution in [0.1, 0.15) is 32.9 Å². The second-order valence-corrected chi connectivity index (χ2v) is 12.6. The third-order valence-corrected chi connectivity index (χ3v) is 9.76. The fourth-order valence-corrected chi connectivity index (χ4v) is 6.77. The third kappa shape index (κ3) is 6.48. The van der Waals surface area contributed by atoms with Gasteiger partial charge in [-0.25, -0.2) is 18.4 Å². The lowest BCUT2D eigenvalue weighted by Crippen LogP contribution is -2.35. The SMILES string of the molecule is O=C(Nc1ccc(Cl)c(C(=O)Nc2cnc(Nc3ccc(S(=O)(=O)C4CCNCC4)cc3)nc2)c1)c1cccs1. The monoisotopic (exact) mass is 596 g/mol. The van der Waals surface area contributed by atoms with Gasteiger partial charge in [-0.15, -0.1) is 11.3 Å². The quantitative estimate of drug-likeness (QED) is 0.223. The van der Waals surface area contributed by atoms with E-state index in [9.17, 15) is 18.0 Å². The van der Waals surface area contributed by atoms with Gasteiger partial charge in [0.2, 0.25) is 5.95 Å². The van der Waals surface area contributed by atoms with Crippen LogP contribution in [0, 0.1) is 0 Å². The first-order valence-corrected chi connectivity index (χ1v) is 15.2. The predicted octanol–water partition coefficient (Wildman–Crippen LogP) is 4.97. The number of aromatic nitrogens is 2. The van der Waals surface area contributed by atoms with Crippen molar-refractivity contribution in [2.24, 2.45) is 0 Å². The number of piperidine rings is 1. The van der Waals surface area contributed by atoms with Crippen molar-refractivity contribution in [3.8, 4) is 0 Å². The Labute approximate surface area is 240 Å². The molecule has 0 spiro atoms. The van der Waals surface area contributed by atoms with E-state index in [4.69, 9.17) is 11.6 Å². The van der Waals surface area contributed by atoms with Crippen LogP contribution in [-0.4, -0.2) is 48.5 Å². The minimum absolute atomic E-state index is 0.173. The largest absolute Gasteiger partial charge is 0.324 e. The zero-order chi connectivity index (χ0) is 28.1. The van der Waals surface area contributed by atoms with E-state index in [-0.39, 0.29) is 32.6 Å². The highest BCUT2D eigenvalue weighted by atomic mass is 35.5. The third-order valence-electron chi connectivity index (χ3n) is 6.29. The van der Waals surface area contributed by atoms with Crippen molar-refractivity contribution in [3.63, 3.8) is 0 Å². The number of carbonyl (C=O) groups is 2. The van der Waals surface area contributed by atoms with E-state index < -0.39 is 15.7 Å². The van der Waals surface area contributed by atoms with Crippen molar-refractivity contribution in [1.82, 2.24) is 15.3 Å². The number of anilines is 4. The molecular weight excluding hydrogens is 572 g/mol. The van der Waals surface area contributed by atoms with Gasteiger partial charge in [0.1, 0.15) is 0 Å². The number of nitrogens with zero attached hydrogens (tertiary/aromatic N) is 2. The number of benzene rings is 2. The maximum Gasteiger partial charge on any atom is 0.265 e. The first-order chi connectivity index (χ1) is 19.3. The number of amides is 2. The molecule has 1 saturated heterocycles. The van der Waals surface area contributed by atoms with Crippen LogP contribution in [0.5, 0.6) is 0 Å². The molecule has 0 aliphatic carbocycles. The minimum Gasteiger partial charge on any atom is -0.324 e. The maximum absolute atomic E-state index is 12.9. The van der Waals surface area contributed by atoms with Gasteiger partial charge < -0.3 is 21.3 Å². The summed E-state index contributed by atoms with van der Waals surface area (Å²) in [4.78, 5) is 34.5. The fraction of sp³-hybridized carbons (Fsp3) is 0.185. The molecule has 206 valence electrons. The second-order valence-electron chi connectivity index (χ2n) is 9.02. The smallest absolute Gasteiger partial charge is 0.265 e. The number of hydrogen-bond acceptors (Lipinski definition) is 9. The molecule has 0 atom stereocenters. The number of thiophene rings is 1. The Morgan fingerprint density at radius 1 is 0.900 bits per heavy atom. The Kier molecular flexibility index (Phi) is 8.40. The summed E-state index contributed by atoms with van der Waals surface area (Å²) < 4.78 is 25.8. The summed E-state index contributed by atoms with van der Waals surface area (Å²) >= 11 is 7.55. The van der Waals surface area contributed by atoms with E-state index in [1.807, 2.05) is 0 Å². The molecule has 2 amide bonds. The first kappa shape index (κ1) is 27.7. The lowest BCUT2D eigenvalue weighted by molar-refractivity contribution is 0.101. The van der Waals surface area contributed by atoms with E-state index in [1.165, 1.54) is 35.9 Å². The summed E-state index contributed by atoms with van der Waals surface area (Å²) in [6.45, 7) is 1.40. The van der Waals surface area contributed by atoms with E-state index >= 15 is 0 Å². The molecule has 10 nitrogen and oxygen atoms in total. The van der Waals surface area contributed by atoms with Gasteiger partial charge in [0.05, 0.1) is 43.7 Å². The number of rotatable bonds is 8. The summed E-state index contributed by atoms with van der Waals surface area (Å²) in [5.41, 5.74) is 1.56. The molecule has 40 heavy (non-hydrogen) atoms. The molecule has 3 heterocycles. The average Bonchev–Trinajstić information content (AvgIpc) is 3.51. The van der Waals surface area contributed by atoms with Crippen LogP contribution in [-0.2, 0) is 9.84 Å². The van der Waals surface area contributed by atoms with E-state index in [0.717, 1.165) is 0 Å². The molecule has 0 radical (unpaired) electrons. The number of sulfone groups is 1. The Hall–Kier alpha value is -3.84. The molecule has 4 N–H and O–H groups in total. The van der Waals surface area contributed by atoms with Crippen LogP contribution in [0.3, 0.4) is 0 Å². The van der Waals surface area contributed by atoms with Crippen molar-refractivity contribution in [3.05, 3.63) is 87.8 Å². The number of carbonyl (C=O) groups excluding carboxylic acids is 2. The van der Waals surface area contributed by atoms with Crippen LogP contribution >= 0.6 is 22.9 Å². The van der Waals surface area contributed by atoms with Crippen molar-refractivity contribution in [2.75, 3.05) is 29.0 Å². The molecule has 1 aliphatic heterocycles. The zero-order valence-corrected chi connectivity index (χ0v) is 23.4. The molecule has 0 unspecified atom stereocenters. The van der Waals surface area contributed by atoms with E-state index in [2.05, 4.69) is 31.2 Å². The molecule has 1 aliphatic rings. The van der Waals surface area contributed by atoms with Gasteiger partial charge in [-0.3, -0.25) is 9.59 Å². The van der Waals surface area contributed by atoms with Crippen LogP contribution < -0.4 is 21.3 Å². The molecule has 0 saturated carbocycles.